The summed E-state index contributed by atoms with van der Waals surface area (Å²) in [5.74, 6) is -5.59. The highest BCUT2D eigenvalue weighted by atomic mass is 35.5. The van der Waals surface area contributed by atoms with E-state index in [1.54, 1.807) is 18.2 Å². The molecule has 3 rings (SSSR count). The zero-order valence-corrected chi connectivity index (χ0v) is 22.7. The minimum atomic E-state index is -5.40. The van der Waals surface area contributed by atoms with E-state index in [0.29, 0.717) is 28.6 Å². The van der Waals surface area contributed by atoms with Crippen LogP contribution in [0.5, 0.6) is 11.5 Å². The third-order valence-electron chi connectivity index (χ3n) is 5.09. The van der Waals surface area contributed by atoms with E-state index in [1.165, 1.54) is 17.0 Å². The van der Waals surface area contributed by atoms with Gasteiger partial charge in [0.15, 0.2) is 12.7 Å². The van der Waals surface area contributed by atoms with Crippen LogP contribution in [0.1, 0.15) is 13.3 Å². The summed E-state index contributed by atoms with van der Waals surface area (Å²) in [4.78, 5) is 37.2. The highest BCUT2D eigenvalue weighted by Crippen LogP contribution is 2.35. The first-order chi connectivity index (χ1) is 19.0. The average molecular weight is 630 g/mol. The lowest BCUT2D eigenvalue weighted by Gasteiger charge is -2.32. The molecule has 0 saturated heterocycles. The Morgan fingerprint density at radius 2 is 1.83 bits per heavy atom. The Bertz CT molecular complexity index is 1260. The highest BCUT2D eigenvalue weighted by molar-refractivity contribution is 6.31. The summed E-state index contributed by atoms with van der Waals surface area (Å²) in [5.41, 5.74) is 0.829. The first-order valence-corrected chi connectivity index (χ1v) is 12.2. The number of fused-ring (bicyclic) bond motifs is 1. The Morgan fingerprint density at radius 3 is 2.41 bits per heavy atom. The Morgan fingerprint density at radius 1 is 1.17 bits per heavy atom. The van der Waals surface area contributed by atoms with Crippen LogP contribution in [0.2, 0.25) is 10.0 Å². The van der Waals surface area contributed by atoms with Gasteiger partial charge in [-0.1, -0.05) is 29.8 Å². The summed E-state index contributed by atoms with van der Waals surface area (Å²) in [5, 5.41) is 5.61. The van der Waals surface area contributed by atoms with E-state index in [9.17, 15) is 40.7 Å². The molecule has 3 amide bonds. The van der Waals surface area contributed by atoms with Crippen molar-refractivity contribution in [1.29, 1.82) is 0 Å². The molecule has 41 heavy (non-hydrogen) atoms. The molecule has 1 atom stereocenters. The standard InChI is InChI=1S/C22H20Cl2FN3O5.C3H3F5/c1-13(6-7-26-21(30)11-32-15-3-4-16(24)17(25)9-15)27-22(31)20-10-28(12-29)18-8-14(23)2-5-19(18)33-20;1-2(4,5)3(6,7)8/h2-5,8-9,12,20H,1,6-7,10-11H2,(H,26,30)(H,27,31);1H3. The number of nitrogens with one attached hydrogen (secondary N) is 2. The zero-order valence-electron chi connectivity index (χ0n) is 21.2. The third kappa shape index (κ3) is 10.4. The number of anilines is 1. The van der Waals surface area contributed by atoms with Gasteiger partial charge in [-0.2, -0.15) is 22.0 Å². The lowest BCUT2D eigenvalue weighted by Crippen LogP contribution is -2.48. The third-order valence-corrected chi connectivity index (χ3v) is 5.63. The lowest BCUT2D eigenvalue weighted by molar-refractivity contribution is -0.273. The quantitative estimate of drug-likeness (QED) is 0.291. The smallest absolute Gasteiger partial charge is 0.452 e. The Labute approximate surface area is 240 Å². The van der Waals surface area contributed by atoms with Gasteiger partial charge in [0.05, 0.1) is 17.3 Å². The van der Waals surface area contributed by atoms with Crippen molar-refractivity contribution in [2.75, 3.05) is 24.6 Å². The lowest BCUT2D eigenvalue weighted by atomic mass is 10.2. The fraction of sp³-hybridized carbons (Fsp3) is 0.320. The molecule has 8 nitrogen and oxygen atoms in total. The molecule has 2 N–H and O–H groups in total. The topological polar surface area (TPSA) is 97.0 Å². The fourth-order valence-corrected chi connectivity index (χ4v) is 3.24. The number of amides is 3. The van der Waals surface area contributed by atoms with Crippen LogP contribution < -0.4 is 25.0 Å². The molecular formula is C25H23Cl2F6N3O5. The van der Waals surface area contributed by atoms with Crippen molar-refractivity contribution in [3.05, 3.63) is 64.5 Å². The molecule has 1 aliphatic heterocycles. The van der Waals surface area contributed by atoms with Crippen molar-refractivity contribution in [1.82, 2.24) is 10.6 Å². The van der Waals surface area contributed by atoms with Crippen LogP contribution in [0.4, 0.5) is 32.0 Å². The number of halogens is 8. The van der Waals surface area contributed by atoms with Gasteiger partial charge in [0.25, 0.3) is 11.8 Å². The van der Waals surface area contributed by atoms with E-state index in [-0.39, 0.29) is 43.8 Å². The zero-order chi connectivity index (χ0) is 31.0. The van der Waals surface area contributed by atoms with Crippen LogP contribution >= 0.6 is 23.2 Å². The number of hydrogen-bond acceptors (Lipinski definition) is 5. The van der Waals surface area contributed by atoms with E-state index < -0.39 is 35.8 Å². The van der Waals surface area contributed by atoms with Gasteiger partial charge in [-0.25, -0.2) is 4.39 Å². The van der Waals surface area contributed by atoms with Gasteiger partial charge >= 0.3 is 12.1 Å². The van der Waals surface area contributed by atoms with Crippen LogP contribution in [-0.4, -0.2) is 56.1 Å². The Kier molecular flexibility index (Phi) is 11.7. The number of rotatable bonds is 9. The minimum Gasteiger partial charge on any atom is -0.484 e. The molecule has 0 aromatic heterocycles. The second-order valence-corrected chi connectivity index (χ2v) is 9.26. The number of benzene rings is 2. The van der Waals surface area contributed by atoms with Crippen molar-refractivity contribution >= 4 is 47.1 Å². The predicted molar refractivity (Wildman–Crippen MR) is 138 cm³/mol. The van der Waals surface area contributed by atoms with Gasteiger partial charge in [0, 0.05) is 36.7 Å². The van der Waals surface area contributed by atoms with Gasteiger partial charge in [-0.15, -0.1) is 0 Å². The summed E-state index contributed by atoms with van der Waals surface area (Å²) in [6.07, 6.45) is -5.48. The molecule has 16 heteroatoms. The summed E-state index contributed by atoms with van der Waals surface area (Å²) in [6.45, 7) is 3.46. The number of alkyl halides is 5. The van der Waals surface area contributed by atoms with Crippen molar-refractivity contribution < 1.29 is 50.2 Å². The van der Waals surface area contributed by atoms with Gasteiger partial charge in [-0.05, 0) is 30.3 Å². The number of hydrogen-bond donors (Lipinski definition) is 2. The van der Waals surface area contributed by atoms with Gasteiger partial charge in [-0.3, -0.25) is 14.4 Å². The molecule has 0 saturated carbocycles. The van der Waals surface area contributed by atoms with Gasteiger partial charge < -0.3 is 25.0 Å². The molecule has 0 bridgehead atoms. The molecular weight excluding hydrogens is 607 g/mol. The summed E-state index contributed by atoms with van der Waals surface area (Å²) in [7, 11) is 0. The molecule has 1 heterocycles. The van der Waals surface area contributed by atoms with Crippen molar-refractivity contribution in [2.24, 2.45) is 0 Å². The molecule has 2 aromatic rings. The maximum Gasteiger partial charge on any atom is 0.452 e. The molecule has 0 aliphatic carbocycles. The second-order valence-electron chi connectivity index (χ2n) is 8.42. The number of ether oxygens (including phenoxy) is 2. The van der Waals surface area contributed by atoms with Crippen molar-refractivity contribution in [3.63, 3.8) is 0 Å². The molecule has 1 aliphatic rings. The van der Waals surface area contributed by atoms with Crippen LogP contribution in [0.15, 0.2) is 48.7 Å². The SMILES string of the molecule is C=C(CCNC(=O)COc1ccc(Cl)c(F)c1)NC(=O)C1CN(C=O)c2cc(Cl)ccc2O1.CC(F)(F)C(F)(F)F. The first-order valence-electron chi connectivity index (χ1n) is 11.5. The predicted octanol–water partition coefficient (Wildman–Crippen LogP) is 5.28. The minimum absolute atomic E-state index is 0.00925. The monoisotopic (exact) mass is 629 g/mol. The van der Waals surface area contributed by atoms with Crippen LogP contribution in [0.3, 0.4) is 0 Å². The largest absolute Gasteiger partial charge is 0.484 e. The van der Waals surface area contributed by atoms with E-state index in [4.69, 9.17) is 32.7 Å². The molecule has 0 spiro atoms. The second kappa shape index (κ2) is 14.3. The van der Waals surface area contributed by atoms with Crippen molar-refractivity contribution in [2.45, 2.75) is 31.5 Å². The molecule has 2 aromatic carbocycles. The maximum absolute atomic E-state index is 13.4. The van der Waals surface area contributed by atoms with E-state index >= 15 is 0 Å². The Balaban J connectivity index is 0.000000642. The van der Waals surface area contributed by atoms with Crippen molar-refractivity contribution in [3.8, 4) is 11.5 Å². The van der Waals surface area contributed by atoms with Gasteiger partial charge in [0.1, 0.15) is 17.3 Å². The van der Waals surface area contributed by atoms with Crippen LogP contribution in [0.25, 0.3) is 0 Å². The first kappa shape index (κ1) is 33.6. The number of carbonyl (C=O) groups excluding carboxylic acids is 3. The maximum atomic E-state index is 13.4. The fourth-order valence-electron chi connectivity index (χ4n) is 2.95. The van der Waals surface area contributed by atoms with Gasteiger partial charge in [0.2, 0.25) is 6.41 Å². The molecule has 1 unspecified atom stereocenters. The highest BCUT2D eigenvalue weighted by Gasteiger charge is 2.53. The normalized spacial score (nSPS) is 14.5. The van der Waals surface area contributed by atoms with E-state index in [2.05, 4.69) is 17.2 Å². The van der Waals surface area contributed by atoms with E-state index in [0.717, 1.165) is 6.07 Å². The summed E-state index contributed by atoms with van der Waals surface area (Å²) >= 11 is 11.5. The Hall–Kier alpha value is -3.65. The van der Waals surface area contributed by atoms with Crippen LogP contribution in [0, 0.1) is 5.82 Å². The summed E-state index contributed by atoms with van der Waals surface area (Å²) < 4.78 is 78.9. The molecule has 0 radical (unpaired) electrons. The summed E-state index contributed by atoms with van der Waals surface area (Å²) in [6, 6.07) is 8.61. The van der Waals surface area contributed by atoms with Crippen LogP contribution in [-0.2, 0) is 14.4 Å². The number of carbonyl (C=O) groups is 3. The number of nitrogens with zero attached hydrogens (tertiary/aromatic N) is 1. The molecule has 224 valence electrons. The molecule has 0 fully saturated rings. The van der Waals surface area contributed by atoms with E-state index in [1.807, 2.05) is 0 Å². The average Bonchev–Trinajstić information content (AvgIpc) is 2.87.